The molecule has 0 spiro atoms. The molecule has 170 valence electrons. The molecular formula is C24H22F3N5O. The first-order valence-corrected chi connectivity index (χ1v) is 10.7. The summed E-state index contributed by atoms with van der Waals surface area (Å²) in [5.74, 6) is -3.00. The minimum atomic E-state index is -2.93. The summed E-state index contributed by atoms with van der Waals surface area (Å²) in [5.41, 5.74) is 3.61. The number of fused-ring (bicyclic) bond motifs is 3. The third-order valence-corrected chi connectivity index (χ3v) is 5.96. The van der Waals surface area contributed by atoms with Crippen LogP contribution in [0.5, 0.6) is 0 Å². The van der Waals surface area contributed by atoms with Crippen LogP contribution < -0.4 is 15.5 Å². The molecule has 0 saturated carbocycles. The van der Waals surface area contributed by atoms with Gasteiger partial charge >= 0.3 is 0 Å². The molecule has 2 N–H and O–H groups in total. The Balaban J connectivity index is 1.21. The average molecular weight is 453 g/mol. The van der Waals surface area contributed by atoms with Crippen molar-refractivity contribution in [2.75, 3.05) is 22.1 Å². The van der Waals surface area contributed by atoms with Crippen LogP contribution in [-0.4, -0.2) is 34.4 Å². The molecule has 33 heavy (non-hydrogen) atoms. The van der Waals surface area contributed by atoms with E-state index in [9.17, 15) is 18.0 Å². The van der Waals surface area contributed by atoms with E-state index in [0.29, 0.717) is 24.0 Å². The number of carbonyl (C=O) groups is 1. The highest BCUT2D eigenvalue weighted by Gasteiger charge is 2.51. The molecule has 5 rings (SSSR count). The van der Waals surface area contributed by atoms with Crippen LogP contribution in [0.1, 0.15) is 23.1 Å². The molecule has 2 aromatic carbocycles. The number of nitrogens with zero attached hydrogens (tertiary/aromatic N) is 3. The van der Waals surface area contributed by atoms with Crippen molar-refractivity contribution in [3.8, 4) is 0 Å². The van der Waals surface area contributed by atoms with Gasteiger partial charge in [0.05, 0.1) is 12.7 Å². The lowest BCUT2D eigenvalue weighted by Crippen LogP contribution is -2.44. The van der Waals surface area contributed by atoms with Crippen molar-refractivity contribution in [2.45, 2.75) is 37.8 Å². The van der Waals surface area contributed by atoms with Crippen LogP contribution in [0, 0.1) is 5.82 Å². The molecule has 0 aliphatic carbocycles. The van der Waals surface area contributed by atoms with Gasteiger partial charge in [0.2, 0.25) is 11.9 Å². The smallest absolute Gasteiger partial charge is 0.267 e. The maximum atomic E-state index is 13.9. The van der Waals surface area contributed by atoms with Crippen molar-refractivity contribution in [3.63, 3.8) is 0 Å². The molecule has 3 aromatic rings. The Hall–Kier alpha value is -3.62. The number of rotatable bonds is 6. The van der Waals surface area contributed by atoms with E-state index in [-0.39, 0.29) is 5.82 Å². The Morgan fingerprint density at radius 1 is 1.03 bits per heavy atom. The first-order chi connectivity index (χ1) is 15.9. The molecule has 0 bridgehead atoms. The van der Waals surface area contributed by atoms with Gasteiger partial charge in [-0.1, -0.05) is 36.4 Å². The van der Waals surface area contributed by atoms with Gasteiger partial charge in [0.1, 0.15) is 17.5 Å². The van der Waals surface area contributed by atoms with E-state index in [1.165, 1.54) is 28.8 Å². The Labute approximate surface area is 188 Å². The number of hydrogen-bond acceptors (Lipinski definition) is 5. The molecular weight excluding hydrogens is 431 g/mol. The molecule has 0 radical (unpaired) electrons. The van der Waals surface area contributed by atoms with E-state index in [4.69, 9.17) is 0 Å². The van der Waals surface area contributed by atoms with Gasteiger partial charge in [0, 0.05) is 13.0 Å². The van der Waals surface area contributed by atoms with Gasteiger partial charge in [-0.25, -0.2) is 18.2 Å². The first kappa shape index (κ1) is 21.2. The third kappa shape index (κ3) is 4.62. The number of aromatic nitrogens is 2. The normalized spacial score (nSPS) is 18.5. The van der Waals surface area contributed by atoms with Gasteiger partial charge in [-0.15, -0.1) is 0 Å². The summed E-state index contributed by atoms with van der Waals surface area (Å²) in [6.45, 7) is -0.0725. The number of benzene rings is 2. The van der Waals surface area contributed by atoms with E-state index >= 15 is 0 Å². The molecule has 2 aliphatic heterocycles. The predicted molar refractivity (Wildman–Crippen MR) is 119 cm³/mol. The van der Waals surface area contributed by atoms with Gasteiger partial charge in [-0.2, -0.15) is 4.98 Å². The van der Waals surface area contributed by atoms with Crippen LogP contribution in [0.15, 0.2) is 54.7 Å². The highest BCUT2D eigenvalue weighted by atomic mass is 19.3. The van der Waals surface area contributed by atoms with Crippen molar-refractivity contribution in [2.24, 2.45) is 0 Å². The third-order valence-electron chi connectivity index (χ3n) is 5.96. The summed E-state index contributed by atoms with van der Waals surface area (Å²) in [6, 6.07) is 13.7. The summed E-state index contributed by atoms with van der Waals surface area (Å²) in [6.07, 6.45) is 2.60. The highest BCUT2D eigenvalue weighted by Crippen LogP contribution is 2.41. The number of nitrogens with one attached hydrogen (secondary N) is 2. The second kappa shape index (κ2) is 8.38. The quantitative estimate of drug-likeness (QED) is 0.586. The van der Waals surface area contributed by atoms with E-state index in [0.717, 1.165) is 24.0 Å². The summed E-state index contributed by atoms with van der Waals surface area (Å²) < 4.78 is 40.8. The summed E-state index contributed by atoms with van der Waals surface area (Å²) in [7, 11) is 0. The monoisotopic (exact) mass is 453 g/mol. The van der Waals surface area contributed by atoms with Gasteiger partial charge in [-0.05, 0) is 41.7 Å². The molecule has 0 unspecified atom stereocenters. The lowest BCUT2D eigenvalue weighted by Gasteiger charge is -2.30. The SMILES string of the molecule is O=C1Nc2cnc(NCc3ccc(CCc4ccc(F)cc4)cc3)nc2N2CC(F)(F)C[C@H]12. The zero-order chi connectivity index (χ0) is 23.0. The number of amides is 1. The lowest BCUT2D eigenvalue weighted by atomic mass is 10.0. The minimum Gasteiger partial charge on any atom is -0.350 e. The van der Waals surface area contributed by atoms with E-state index in [2.05, 4.69) is 20.6 Å². The number of aryl methyl sites for hydroxylation is 2. The molecule has 6 nitrogen and oxygen atoms in total. The highest BCUT2D eigenvalue weighted by molar-refractivity contribution is 6.03. The van der Waals surface area contributed by atoms with Crippen LogP contribution in [0.4, 0.5) is 30.6 Å². The maximum absolute atomic E-state index is 13.9. The van der Waals surface area contributed by atoms with Crippen LogP contribution in [0.2, 0.25) is 0 Å². The van der Waals surface area contributed by atoms with E-state index in [1.807, 2.05) is 24.3 Å². The Kier molecular flexibility index (Phi) is 5.39. The summed E-state index contributed by atoms with van der Waals surface area (Å²) in [5, 5.41) is 5.74. The fourth-order valence-electron chi connectivity index (χ4n) is 4.20. The Bertz CT molecular complexity index is 1170. The van der Waals surface area contributed by atoms with Gasteiger partial charge in [0.25, 0.3) is 5.92 Å². The topological polar surface area (TPSA) is 70.1 Å². The number of carbonyl (C=O) groups excluding carboxylic acids is 1. The standard InChI is InChI=1S/C24H22F3N5O/c25-18-9-7-16(8-10-18)2-1-15-3-5-17(6-4-15)12-28-23-29-13-19-21(31-23)32-14-24(26,27)11-20(32)22(33)30-19/h3-10,13,20H,1-2,11-12,14H2,(H,30,33)(H,28,29,31)/t20-/m1/s1. The van der Waals surface area contributed by atoms with Crippen LogP contribution in [0.3, 0.4) is 0 Å². The Morgan fingerprint density at radius 2 is 1.67 bits per heavy atom. The van der Waals surface area contributed by atoms with Crippen molar-refractivity contribution in [3.05, 3.63) is 77.2 Å². The summed E-state index contributed by atoms with van der Waals surface area (Å²) in [4.78, 5) is 22.1. The molecule has 9 heteroatoms. The zero-order valence-corrected chi connectivity index (χ0v) is 17.7. The van der Waals surface area contributed by atoms with Crippen LogP contribution >= 0.6 is 0 Å². The van der Waals surface area contributed by atoms with Gasteiger partial charge in [-0.3, -0.25) is 4.79 Å². The molecule has 1 amide bonds. The minimum absolute atomic E-state index is 0.235. The van der Waals surface area contributed by atoms with Crippen LogP contribution in [-0.2, 0) is 24.2 Å². The molecule has 1 saturated heterocycles. The van der Waals surface area contributed by atoms with Crippen LogP contribution in [0.25, 0.3) is 0 Å². The Morgan fingerprint density at radius 3 is 2.36 bits per heavy atom. The first-order valence-electron chi connectivity index (χ1n) is 10.7. The zero-order valence-electron chi connectivity index (χ0n) is 17.7. The van der Waals surface area contributed by atoms with Crippen molar-refractivity contribution in [1.29, 1.82) is 0 Å². The van der Waals surface area contributed by atoms with E-state index < -0.39 is 30.8 Å². The predicted octanol–water partition coefficient (Wildman–Crippen LogP) is 4.18. The van der Waals surface area contributed by atoms with Crippen molar-refractivity contribution in [1.82, 2.24) is 9.97 Å². The van der Waals surface area contributed by atoms with Crippen molar-refractivity contribution < 1.29 is 18.0 Å². The second-order valence-electron chi connectivity index (χ2n) is 8.42. The number of halogens is 3. The fourth-order valence-corrected chi connectivity index (χ4v) is 4.20. The number of anilines is 3. The molecule has 2 aliphatic rings. The number of hydrogen-bond donors (Lipinski definition) is 2. The molecule has 1 aromatic heterocycles. The molecule has 1 fully saturated rings. The number of alkyl halides is 2. The van der Waals surface area contributed by atoms with Gasteiger partial charge < -0.3 is 15.5 Å². The fraction of sp³-hybridized carbons (Fsp3) is 0.292. The average Bonchev–Trinajstić information content (AvgIpc) is 3.14. The van der Waals surface area contributed by atoms with E-state index in [1.54, 1.807) is 12.1 Å². The lowest BCUT2D eigenvalue weighted by molar-refractivity contribution is -0.118. The van der Waals surface area contributed by atoms with Gasteiger partial charge in [0.15, 0.2) is 5.82 Å². The molecule has 1 atom stereocenters. The largest absolute Gasteiger partial charge is 0.350 e. The van der Waals surface area contributed by atoms with Crippen molar-refractivity contribution >= 4 is 23.4 Å². The molecule has 3 heterocycles. The summed E-state index contributed by atoms with van der Waals surface area (Å²) >= 11 is 0. The maximum Gasteiger partial charge on any atom is 0.267 e. The second-order valence-corrected chi connectivity index (χ2v) is 8.42.